The van der Waals surface area contributed by atoms with Crippen LogP contribution in [0, 0.1) is 0 Å². The summed E-state index contributed by atoms with van der Waals surface area (Å²) in [7, 11) is 0. The zero-order valence-corrected chi connectivity index (χ0v) is 8.44. The summed E-state index contributed by atoms with van der Waals surface area (Å²) in [5, 5.41) is 0.921. The van der Waals surface area contributed by atoms with Crippen molar-refractivity contribution in [2.24, 2.45) is 11.5 Å². The molecule has 1 rings (SSSR count). The molecule has 0 aliphatic rings. The molecule has 0 saturated heterocycles. The van der Waals surface area contributed by atoms with Gasteiger partial charge in [-0.15, -0.1) is 0 Å². The lowest BCUT2D eigenvalue weighted by Crippen LogP contribution is -2.22. The summed E-state index contributed by atoms with van der Waals surface area (Å²) in [5.41, 5.74) is 18.0. The van der Waals surface area contributed by atoms with Crippen molar-refractivity contribution in [2.75, 3.05) is 12.3 Å². The van der Waals surface area contributed by atoms with Crippen molar-refractivity contribution in [3.63, 3.8) is 0 Å². The molecule has 0 heterocycles. The third-order valence-electron chi connectivity index (χ3n) is 1.78. The summed E-state index contributed by atoms with van der Waals surface area (Å²) in [6, 6.07) is 2.93. The summed E-state index contributed by atoms with van der Waals surface area (Å²) in [4.78, 5) is 0. The molecule has 1 unspecified atom stereocenters. The molecule has 0 aliphatic heterocycles. The van der Waals surface area contributed by atoms with Crippen LogP contribution in [-0.2, 0) is 0 Å². The van der Waals surface area contributed by atoms with E-state index in [9.17, 15) is 0 Å². The van der Waals surface area contributed by atoms with Gasteiger partial charge in [0.15, 0.2) is 0 Å². The minimum absolute atomic E-state index is 0.306. The molecule has 6 N–H and O–H groups in total. The van der Waals surface area contributed by atoms with Gasteiger partial charge in [0.2, 0.25) is 0 Å². The second kappa shape index (κ2) is 4.15. The summed E-state index contributed by atoms with van der Waals surface area (Å²) >= 11 is 11.6. The number of rotatable bonds is 2. The summed E-state index contributed by atoms with van der Waals surface area (Å²) in [6.07, 6.45) is 0. The van der Waals surface area contributed by atoms with Crippen molar-refractivity contribution < 1.29 is 0 Å². The molecule has 0 amide bonds. The second-order valence-corrected chi connectivity index (χ2v) is 3.58. The van der Waals surface area contributed by atoms with Crippen molar-refractivity contribution in [1.29, 1.82) is 0 Å². The Morgan fingerprint density at radius 1 is 1.31 bits per heavy atom. The highest BCUT2D eigenvalue weighted by Gasteiger charge is 2.11. The van der Waals surface area contributed by atoms with E-state index in [1.807, 2.05) is 0 Å². The molecule has 0 aliphatic carbocycles. The maximum absolute atomic E-state index is 5.81. The lowest BCUT2D eigenvalue weighted by Gasteiger charge is -2.13. The van der Waals surface area contributed by atoms with Crippen LogP contribution in [0.3, 0.4) is 0 Å². The molecule has 72 valence electrons. The molecule has 0 aromatic heterocycles. The van der Waals surface area contributed by atoms with Gasteiger partial charge in [-0.25, -0.2) is 0 Å². The van der Waals surface area contributed by atoms with Gasteiger partial charge in [-0.1, -0.05) is 23.2 Å². The van der Waals surface area contributed by atoms with E-state index in [1.54, 1.807) is 12.1 Å². The Hall–Kier alpha value is -0.480. The standard InChI is InChI=1S/C8H11Cl2N3/c9-4-1-5(7(12)3-11)8(13)6(10)2-4/h1-2,7H,3,11-13H2. The van der Waals surface area contributed by atoms with Gasteiger partial charge in [0, 0.05) is 17.6 Å². The number of halogens is 2. The molecule has 13 heavy (non-hydrogen) atoms. The zero-order valence-electron chi connectivity index (χ0n) is 6.93. The fraction of sp³-hybridized carbons (Fsp3) is 0.250. The van der Waals surface area contributed by atoms with Gasteiger partial charge in [-0.3, -0.25) is 0 Å². The first-order chi connectivity index (χ1) is 6.06. The Morgan fingerprint density at radius 3 is 2.46 bits per heavy atom. The molecule has 1 aromatic rings. The van der Waals surface area contributed by atoms with Gasteiger partial charge in [0.1, 0.15) is 0 Å². The Balaban J connectivity index is 3.20. The van der Waals surface area contributed by atoms with Crippen LogP contribution in [0.25, 0.3) is 0 Å². The molecule has 0 bridgehead atoms. The molecule has 1 aromatic carbocycles. The van der Waals surface area contributed by atoms with Crippen LogP contribution in [0.1, 0.15) is 11.6 Å². The van der Waals surface area contributed by atoms with E-state index < -0.39 is 0 Å². The van der Waals surface area contributed by atoms with Crippen molar-refractivity contribution in [3.05, 3.63) is 27.7 Å². The minimum Gasteiger partial charge on any atom is -0.397 e. The maximum atomic E-state index is 5.81. The van der Waals surface area contributed by atoms with Crippen LogP contribution in [0.4, 0.5) is 5.69 Å². The highest BCUT2D eigenvalue weighted by molar-refractivity contribution is 6.36. The largest absolute Gasteiger partial charge is 0.397 e. The summed E-state index contributed by atoms with van der Waals surface area (Å²) < 4.78 is 0. The lowest BCUT2D eigenvalue weighted by molar-refractivity contribution is 0.739. The normalized spacial score (nSPS) is 12.9. The fourth-order valence-corrected chi connectivity index (χ4v) is 1.55. The number of anilines is 1. The molecule has 3 nitrogen and oxygen atoms in total. The van der Waals surface area contributed by atoms with E-state index in [1.165, 1.54) is 0 Å². The minimum atomic E-state index is -0.323. The van der Waals surface area contributed by atoms with E-state index >= 15 is 0 Å². The molecular formula is C8H11Cl2N3. The van der Waals surface area contributed by atoms with Crippen molar-refractivity contribution >= 4 is 28.9 Å². The zero-order chi connectivity index (χ0) is 10.0. The highest BCUT2D eigenvalue weighted by Crippen LogP contribution is 2.30. The molecule has 1 atom stereocenters. The van der Waals surface area contributed by atoms with Gasteiger partial charge in [-0.2, -0.15) is 0 Å². The number of hydrogen-bond acceptors (Lipinski definition) is 3. The van der Waals surface area contributed by atoms with Gasteiger partial charge in [0.25, 0.3) is 0 Å². The van der Waals surface area contributed by atoms with Crippen LogP contribution in [-0.4, -0.2) is 6.54 Å². The van der Waals surface area contributed by atoms with Crippen LogP contribution < -0.4 is 17.2 Å². The average Bonchev–Trinajstić information content (AvgIpc) is 2.10. The average molecular weight is 220 g/mol. The van der Waals surface area contributed by atoms with E-state index in [0.717, 1.165) is 0 Å². The van der Waals surface area contributed by atoms with Crippen LogP contribution >= 0.6 is 23.2 Å². The summed E-state index contributed by atoms with van der Waals surface area (Å²) in [6.45, 7) is 0.306. The molecule has 5 heteroatoms. The third-order valence-corrected chi connectivity index (χ3v) is 2.31. The number of benzene rings is 1. The lowest BCUT2D eigenvalue weighted by atomic mass is 10.1. The molecule has 0 saturated carbocycles. The monoisotopic (exact) mass is 219 g/mol. The molecule has 0 spiro atoms. The third kappa shape index (κ3) is 2.25. The van der Waals surface area contributed by atoms with Gasteiger partial charge in [-0.05, 0) is 17.7 Å². The van der Waals surface area contributed by atoms with E-state index in [0.29, 0.717) is 27.8 Å². The van der Waals surface area contributed by atoms with E-state index in [-0.39, 0.29) is 6.04 Å². The van der Waals surface area contributed by atoms with Crippen molar-refractivity contribution in [3.8, 4) is 0 Å². The topological polar surface area (TPSA) is 78.1 Å². The first kappa shape index (κ1) is 10.6. The van der Waals surface area contributed by atoms with Crippen LogP contribution in [0.15, 0.2) is 12.1 Å². The Bertz CT molecular complexity index is 315. The van der Waals surface area contributed by atoms with Crippen molar-refractivity contribution in [1.82, 2.24) is 0 Å². The smallest absolute Gasteiger partial charge is 0.0653 e. The summed E-state index contributed by atoms with van der Waals surface area (Å²) in [5.74, 6) is 0. The number of hydrogen-bond donors (Lipinski definition) is 3. The van der Waals surface area contributed by atoms with Gasteiger partial charge >= 0.3 is 0 Å². The highest BCUT2D eigenvalue weighted by atomic mass is 35.5. The van der Waals surface area contributed by atoms with Gasteiger partial charge < -0.3 is 17.2 Å². The maximum Gasteiger partial charge on any atom is 0.0653 e. The fourth-order valence-electron chi connectivity index (χ4n) is 1.04. The first-order valence-corrected chi connectivity index (χ1v) is 4.52. The predicted molar refractivity (Wildman–Crippen MR) is 56.9 cm³/mol. The Kier molecular flexibility index (Phi) is 3.39. The Labute approximate surface area is 86.8 Å². The molecule has 0 fully saturated rings. The number of nitrogen functional groups attached to an aromatic ring is 1. The van der Waals surface area contributed by atoms with E-state index in [2.05, 4.69) is 0 Å². The van der Waals surface area contributed by atoms with Crippen molar-refractivity contribution in [2.45, 2.75) is 6.04 Å². The van der Waals surface area contributed by atoms with Crippen LogP contribution in [0.5, 0.6) is 0 Å². The molecular weight excluding hydrogens is 209 g/mol. The second-order valence-electron chi connectivity index (χ2n) is 2.73. The quantitative estimate of drug-likeness (QED) is 0.661. The van der Waals surface area contributed by atoms with Crippen LogP contribution in [0.2, 0.25) is 10.0 Å². The first-order valence-electron chi connectivity index (χ1n) is 3.76. The Morgan fingerprint density at radius 2 is 1.92 bits per heavy atom. The van der Waals surface area contributed by atoms with Gasteiger partial charge in [0.05, 0.1) is 10.7 Å². The molecule has 0 radical (unpaired) electrons. The van der Waals surface area contributed by atoms with E-state index in [4.69, 9.17) is 40.4 Å². The predicted octanol–water partition coefficient (Wildman–Crippen LogP) is 1.53. The number of nitrogens with two attached hydrogens (primary N) is 3. The SMILES string of the molecule is NCC(N)c1cc(Cl)cc(Cl)c1N.